The van der Waals surface area contributed by atoms with E-state index >= 15 is 0 Å². The van der Waals surface area contributed by atoms with Crippen molar-refractivity contribution in [3.63, 3.8) is 0 Å². The molecule has 0 saturated carbocycles. The first-order valence-corrected chi connectivity index (χ1v) is 3.51. The van der Waals surface area contributed by atoms with Gasteiger partial charge in [0.2, 0.25) is 0 Å². The van der Waals surface area contributed by atoms with Crippen molar-refractivity contribution in [1.82, 2.24) is 4.98 Å². The van der Waals surface area contributed by atoms with Crippen molar-refractivity contribution in [2.75, 3.05) is 5.73 Å². The number of hydrogen-bond acceptors (Lipinski definition) is 4. The average molecular weight is 206 g/mol. The highest BCUT2D eigenvalue weighted by atomic mass is 19.4. The molecule has 0 spiro atoms. The van der Waals surface area contributed by atoms with Crippen LogP contribution in [0.4, 0.5) is 19.0 Å². The van der Waals surface area contributed by atoms with Crippen molar-refractivity contribution in [3.8, 4) is 0 Å². The Hall–Kier alpha value is -1.28. The third-order valence-corrected chi connectivity index (χ3v) is 1.55. The smallest absolute Gasteiger partial charge is 0.423 e. The summed E-state index contributed by atoms with van der Waals surface area (Å²) in [5.41, 5.74) is 3.60. The van der Waals surface area contributed by atoms with E-state index < -0.39 is 24.3 Å². The SMILES string of the molecule is Nc1ncc(C(F)(F)F)cc1B(O)O. The largest absolute Gasteiger partial charge is 0.492 e. The van der Waals surface area contributed by atoms with E-state index in [0.29, 0.717) is 12.3 Å². The summed E-state index contributed by atoms with van der Waals surface area (Å²) in [5, 5.41) is 17.3. The van der Waals surface area contributed by atoms with Crippen molar-refractivity contribution in [2.45, 2.75) is 6.18 Å². The topological polar surface area (TPSA) is 79.4 Å². The van der Waals surface area contributed by atoms with E-state index in [1.807, 2.05) is 0 Å². The maximum atomic E-state index is 12.1. The fraction of sp³-hybridized carbons (Fsp3) is 0.167. The molecule has 0 bridgehead atoms. The Morgan fingerprint density at radius 1 is 1.36 bits per heavy atom. The first-order valence-electron chi connectivity index (χ1n) is 3.51. The van der Waals surface area contributed by atoms with Crippen molar-refractivity contribution in [3.05, 3.63) is 17.8 Å². The molecule has 1 aromatic heterocycles. The zero-order valence-electron chi connectivity index (χ0n) is 6.78. The van der Waals surface area contributed by atoms with Crippen molar-refractivity contribution >= 4 is 18.4 Å². The molecule has 1 heterocycles. The highest BCUT2D eigenvalue weighted by molar-refractivity contribution is 6.60. The van der Waals surface area contributed by atoms with E-state index in [1.54, 1.807) is 0 Å². The second-order valence-electron chi connectivity index (χ2n) is 2.57. The van der Waals surface area contributed by atoms with E-state index in [-0.39, 0.29) is 5.82 Å². The second-order valence-corrected chi connectivity index (χ2v) is 2.57. The average Bonchev–Trinajstić information content (AvgIpc) is 2.02. The number of nitrogen functional groups attached to an aromatic ring is 1. The van der Waals surface area contributed by atoms with Crippen molar-refractivity contribution < 1.29 is 23.2 Å². The molecule has 0 aliphatic carbocycles. The van der Waals surface area contributed by atoms with E-state index in [4.69, 9.17) is 15.8 Å². The third kappa shape index (κ3) is 2.15. The lowest BCUT2D eigenvalue weighted by atomic mass is 9.80. The van der Waals surface area contributed by atoms with Crippen LogP contribution in [0, 0.1) is 0 Å². The molecule has 0 fully saturated rings. The molecule has 0 radical (unpaired) electrons. The van der Waals surface area contributed by atoms with Gasteiger partial charge in [0.1, 0.15) is 5.82 Å². The van der Waals surface area contributed by atoms with Crippen LogP contribution in [0.25, 0.3) is 0 Å². The van der Waals surface area contributed by atoms with E-state index in [9.17, 15) is 13.2 Å². The third-order valence-electron chi connectivity index (χ3n) is 1.55. The van der Waals surface area contributed by atoms with Crippen molar-refractivity contribution in [1.29, 1.82) is 0 Å². The van der Waals surface area contributed by atoms with Crippen molar-refractivity contribution in [2.24, 2.45) is 0 Å². The first kappa shape index (κ1) is 10.8. The van der Waals surface area contributed by atoms with Crippen LogP contribution in [0.1, 0.15) is 5.56 Å². The van der Waals surface area contributed by atoms with Gasteiger partial charge in [0.25, 0.3) is 0 Å². The number of anilines is 1. The minimum atomic E-state index is -4.58. The quantitative estimate of drug-likeness (QED) is 0.534. The summed E-state index contributed by atoms with van der Waals surface area (Å²) in [5.74, 6) is -0.340. The Morgan fingerprint density at radius 2 is 1.93 bits per heavy atom. The fourth-order valence-corrected chi connectivity index (χ4v) is 0.854. The molecule has 1 rings (SSSR count). The van der Waals surface area contributed by atoms with Crippen LogP contribution in [-0.4, -0.2) is 22.2 Å². The van der Waals surface area contributed by atoms with Gasteiger partial charge in [-0.2, -0.15) is 13.2 Å². The molecule has 1 aromatic rings. The highest BCUT2D eigenvalue weighted by Gasteiger charge is 2.32. The summed E-state index contributed by atoms with van der Waals surface area (Å²) in [7, 11) is -2.07. The van der Waals surface area contributed by atoms with Gasteiger partial charge in [-0.25, -0.2) is 4.98 Å². The number of nitrogens with zero attached hydrogens (tertiary/aromatic N) is 1. The zero-order chi connectivity index (χ0) is 10.9. The second kappa shape index (κ2) is 3.47. The number of alkyl halides is 3. The van der Waals surface area contributed by atoms with Crippen LogP contribution in [0.15, 0.2) is 12.3 Å². The monoisotopic (exact) mass is 206 g/mol. The number of nitrogens with two attached hydrogens (primary N) is 1. The highest BCUT2D eigenvalue weighted by Crippen LogP contribution is 2.28. The van der Waals surface area contributed by atoms with Gasteiger partial charge in [-0.1, -0.05) is 0 Å². The number of pyridine rings is 1. The zero-order valence-corrected chi connectivity index (χ0v) is 6.78. The molecule has 0 aliphatic rings. The number of rotatable bonds is 1. The van der Waals surface area contributed by atoms with Gasteiger partial charge in [0.15, 0.2) is 0 Å². The summed E-state index contributed by atoms with van der Waals surface area (Å²) >= 11 is 0. The molecule has 14 heavy (non-hydrogen) atoms. The Balaban J connectivity index is 3.20. The predicted molar refractivity (Wildman–Crippen MR) is 43.5 cm³/mol. The van der Waals surface area contributed by atoms with Gasteiger partial charge < -0.3 is 15.8 Å². The van der Waals surface area contributed by atoms with Crippen LogP contribution < -0.4 is 11.2 Å². The Kier molecular flexibility index (Phi) is 2.67. The van der Waals surface area contributed by atoms with Gasteiger partial charge in [-0.05, 0) is 6.07 Å². The summed E-state index contributed by atoms with van der Waals surface area (Å²) in [6.45, 7) is 0. The van der Waals surface area contributed by atoms with E-state index in [0.717, 1.165) is 0 Å². The molecule has 4 N–H and O–H groups in total. The lowest BCUT2D eigenvalue weighted by molar-refractivity contribution is -0.137. The maximum Gasteiger partial charge on any atom is 0.492 e. The number of aromatic nitrogens is 1. The molecule has 0 unspecified atom stereocenters. The lowest BCUT2D eigenvalue weighted by Crippen LogP contribution is -2.34. The molecule has 0 aliphatic heterocycles. The number of halogens is 3. The Bertz CT molecular complexity index is 342. The van der Waals surface area contributed by atoms with Crippen LogP contribution in [-0.2, 0) is 6.18 Å². The minimum absolute atomic E-state index is 0.340. The summed E-state index contributed by atoms with van der Waals surface area (Å²) in [4.78, 5) is 3.20. The Labute approximate surface area is 77.3 Å². The summed E-state index contributed by atoms with van der Waals surface area (Å²) in [6, 6.07) is 0.549. The van der Waals surface area contributed by atoms with Gasteiger partial charge >= 0.3 is 13.3 Å². The Morgan fingerprint density at radius 3 is 2.36 bits per heavy atom. The van der Waals surface area contributed by atoms with Gasteiger partial charge in [0.05, 0.1) is 5.56 Å². The molecule has 8 heteroatoms. The molecule has 76 valence electrons. The normalized spacial score (nSPS) is 11.5. The van der Waals surface area contributed by atoms with E-state index in [2.05, 4.69) is 4.98 Å². The molecular formula is C6H6BF3N2O2. The first-order chi connectivity index (χ1) is 6.32. The molecule has 0 aromatic carbocycles. The molecule has 0 atom stereocenters. The standard InChI is InChI=1S/C6H6BF3N2O2/c8-6(9,10)3-1-4(7(13)14)5(11)12-2-3/h1-2,13-14H,(H2,11,12). The molecular weight excluding hydrogens is 200 g/mol. The van der Waals surface area contributed by atoms with Crippen LogP contribution in [0.5, 0.6) is 0 Å². The van der Waals surface area contributed by atoms with Gasteiger partial charge in [-0.15, -0.1) is 0 Å². The fourth-order valence-electron chi connectivity index (χ4n) is 0.854. The van der Waals surface area contributed by atoms with Gasteiger partial charge in [0, 0.05) is 11.7 Å². The van der Waals surface area contributed by atoms with Crippen LogP contribution >= 0.6 is 0 Å². The van der Waals surface area contributed by atoms with E-state index in [1.165, 1.54) is 0 Å². The van der Waals surface area contributed by atoms with Gasteiger partial charge in [-0.3, -0.25) is 0 Å². The predicted octanol–water partition coefficient (Wildman–Crippen LogP) is -0.638. The maximum absolute atomic E-state index is 12.1. The molecule has 4 nitrogen and oxygen atoms in total. The lowest BCUT2D eigenvalue weighted by Gasteiger charge is -2.09. The minimum Gasteiger partial charge on any atom is -0.423 e. The summed E-state index contributed by atoms with van der Waals surface area (Å²) < 4.78 is 36.4. The van der Waals surface area contributed by atoms with Crippen LogP contribution in [0.2, 0.25) is 0 Å². The van der Waals surface area contributed by atoms with Crippen LogP contribution in [0.3, 0.4) is 0 Å². The summed E-state index contributed by atoms with van der Waals surface area (Å²) in [6.07, 6.45) is -4.05. The molecule has 0 saturated heterocycles. The number of hydrogen-bond donors (Lipinski definition) is 3. The molecule has 0 amide bonds.